The summed E-state index contributed by atoms with van der Waals surface area (Å²) in [4.78, 5) is 12.3. The molecule has 0 fully saturated rings. The Balaban J connectivity index is 1.35. The minimum Gasteiger partial charge on any atom is -0.473 e. The molecule has 7 heteroatoms. The molecule has 0 amide bonds. The molecular weight excluding hydrogens is 467 g/mol. The quantitative estimate of drug-likeness (QED) is 0.283. The lowest BCUT2D eigenvalue weighted by atomic mass is 9.87. The van der Waals surface area contributed by atoms with E-state index in [2.05, 4.69) is 43.8 Å². The highest BCUT2D eigenvalue weighted by Gasteiger charge is 2.24. The van der Waals surface area contributed by atoms with Crippen molar-refractivity contribution in [1.82, 2.24) is 19.5 Å². The topological polar surface area (TPSA) is 55.7 Å². The third-order valence-electron chi connectivity index (χ3n) is 6.58. The molecule has 170 valence electrons. The molecule has 1 unspecified atom stereocenters. The van der Waals surface area contributed by atoms with E-state index in [4.69, 9.17) is 27.9 Å². The average molecular weight is 489 g/mol. The van der Waals surface area contributed by atoms with Crippen LogP contribution >= 0.6 is 23.2 Å². The maximum Gasteiger partial charge on any atom is 0.214 e. The first-order valence-corrected chi connectivity index (χ1v) is 12.1. The van der Waals surface area contributed by atoms with Crippen LogP contribution in [0.25, 0.3) is 22.2 Å². The molecule has 1 atom stereocenters. The second-order valence-electron chi connectivity index (χ2n) is 8.55. The van der Waals surface area contributed by atoms with Crippen LogP contribution in [0.4, 0.5) is 0 Å². The van der Waals surface area contributed by atoms with Crippen molar-refractivity contribution in [3.8, 4) is 17.1 Å². The van der Waals surface area contributed by atoms with Crippen molar-refractivity contribution >= 4 is 34.1 Å². The summed E-state index contributed by atoms with van der Waals surface area (Å²) in [7, 11) is 0. The predicted octanol–water partition coefficient (Wildman–Crippen LogP) is 7.24. The molecule has 0 saturated carbocycles. The van der Waals surface area contributed by atoms with Gasteiger partial charge in [0.15, 0.2) is 0 Å². The van der Waals surface area contributed by atoms with Crippen LogP contribution in [-0.2, 0) is 13.0 Å². The SMILES string of the molecule is Clc1cccc(Cl)c1COc1cc2c(-c3cncn3C3CCCc4ccccc43)c[nH]c2cn1. The van der Waals surface area contributed by atoms with Gasteiger partial charge in [0.25, 0.3) is 0 Å². The molecule has 1 aliphatic carbocycles. The van der Waals surface area contributed by atoms with Crippen molar-refractivity contribution in [3.63, 3.8) is 0 Å². The Kier molecular flexibility index (Phi) is 5.52. The van der Waals surface area contributed by atoms with Gasteiger partial charge in [-0.05, 0) is 42.5 Å². The Morgan fingerprint density at radius 3 is 2.79 bits per heavy atom. The zero-order valence-electron chi connectivity index (χ0n) is 18.3. The average Bonchev–Trinajstić information content (AvgIpc) is 3.50. The fraction of sp³-hybridized carbons (Fsp3) is 0.185. The zero-order valence-corrected chi connectivity index (χ0v) is 19.9. The van der Waals surface area contributed by atoms with Crippen LogP contribution in [0.2, 0.25) is 10.0 Å². The number of benzene rings is 2. The number of fused-ring (bicyclic) bond motifs is 2. The summed E-state index contributed by atoms with van der Waals surface area (Å²) in [6.07, 6.45) is 11.1. The van der Waals surface area contributed by atoms with E-state index in [0.717, 1.165) is 40.6 Å². The molecule has 0 saturated heterocycles. The van der Waals surface area contributed by atoms with Gasteiger partial charge in [-0.25, -0.2) is 9.97 Å². The minimum atomic E-state index is 0.244. The molecule has 2 aromatic carbocycles. The van der Waals surface area contributed by atoms with Gasteiger partial charge in [-0.15, -0.1) is 0 Å². The zero-order chi connectivity index (χ0) is 23.1. The molecule has 5 nitrogen and oxygen atoms in total. The van der Waals surface area contributed by atoms with Crippen molar-refractivity contribution in [2.45, 2.75) is 31.9 Å². The van der Waals surface area contributed by atoms with Gasteiger partial charge in [0.05, 0.1) is 36.0 Å². The highest BCUT2D eigenvalue weighted by molar-refractivity contribution is 6.35. The first kappa shape index (κ1) is 21.3. The molecule has 1 N–H and O–H groups in total. The lowest BCUT2D eigenvalue weighted by Gasteiger charge is -2.28. The van der Waals surface area contributed by atoms with Crippen LogP contribution in [0.15, 0.2) is 73.4 Å². The second-order valence-corrected chi connectivity index (χ2v) is 9.37. The molecule has 0 bridgehead atoms. The summed E-state index contributed by atoms with van der Waals surface area (Å²) in [6.45, 7) is 0.244. The number of imidazole rings is 1. The number of aromatic amines is 1. The number of hydrogen-bond donors (Lipinski definition) is 1. The normalized spacial score (nSPS) is 15.4. The molecule has 0 spiro atoms. The number of hydrogen-bond acceptors (Lipinski definition) is 3. The highest BCUT2D eigenvalue weighted by Crippen LogP contribution is 2.38. The van der Waals surface area contributed by atoms with Crippen molar-refractivity contribution in [2.24, 2.45) is 0 Å². The molecule has 3 heterocycles. The van der Waals surface area contributed by atoms with Crippen LogP contribution in [0.3, 0.4) is 0 Å². The van der Waals surface area contributed by atoms with E-state index in [1.165, 1.54) is 17.5 Å². The Morgan fingerprint density at radius 2 is 1.91 bits per heavy atom. The lowest BCUT2D eigenvalue weighted by Crippen LogP contribution is -2.17. The maximum absolute atomic E-state index is 6.29. The van der Waals surface area contributed by atoms with E-state index >= 15 is 0 Å². The fourth-order valence-electron chi connectivity index (χ4n) is 4.89. The summed E-state index contributed by atoms with van der Waals surface area (Å²) < 4.78 is 8.28. The number of nitrogens with one attached hydrogen (secondary N) is 1. The lowest BCUT2D eigenvalue weighted by molar-refractivity contribution is 0.294. The number of H-pyrrole nitrogens is 1. The summed E-state index contributed by atoms with van der Waals surface area (Å²) in [5.74, 6) is 0.512. The van der Waals surface area contributed by atoms with Gasteiger partial charge in [0.2, 0.25) is 5.88 Å². The number of rotatable bonds is 5. The van der Waals surface area contributed by atoms with Gasteiger partial charge in [-0.1, -0.05) is 53.5 Å². The molecule has 1 aliphatic rings. The van der Waals surface area contributed by atoms with Crippen LogP contribution < -0.4 is 4.74 Å². The third kappa shape index (κ3) is 3.75. The second kappa shape index (κ2) is 8.82. The van der Waals surface area contributed by atoms with Gasteiger partial charge >= 0.3 is 0 Å². The third-order valence-corrected chi connectivity index (χ3v) is 7.29. The van der Waals surface area contributed by atoms with Crippen molar-refractivity contribution in [1.29, 1.82) is 0 Å². The van der Waals surface area contributed by atoms with Gasteiger partial charge < -0.3 is 14.3 Å². The van der Waals surface area contributed by atoms with Crippen LogP contribution in [0.5, 0.6) is 5.88 Å². The number of halogens is 2. The van der Waals surface area contributed by atoms with E-state index in [-0.39, 0.29) is 12.6 Å². The van der Waals surface area contributed by atoms with Crippen LogP contribution in [0, 0.1) is 0 Å². The van der Waals surface area contributed by atoms with E-state index in [9.17, 15) is 0 Å². The standard InChI is InChI=1S/C27H22Cl2N4O/c28-22-8-4-9-23(29)21(22)15-34-27-11-19-20(12-31-24(19)13-32-27)26-14-30-16-33(26)25-10-3-6-17-5-1-2-7-18(17)25/h1-2,4-5,7-9,11-14,16,25,31H,3,6,10,15H2. The van der Waals surface area contributed by atoms with E-state index < -0.39 is 0 Å². The molecule has 3 aromatic heterocycles. The van der Waals surface area contributed by atoms with Gasteiger partial charge in [-0.2, -0.15) is 0 Å². The maximum atomic E-state index is 6.29. The van der Waals surface area contributed by atoms with Gasteiger partial charge in [0, 0.05) is 38.8 Å². The van der Waals surface area contributed by atoms with Crippen LogP contribution in [0.1, 0.15) is 35.6 Å². The summed E-state index contributed by atoms with van der Waals surface area (Å²) in [6, 6.07) is 16.4. The number of aryl methyl sites for hydroxylation is 1. The van der Waals surface area contributed by atoms with Crippen molar-refractivity contribution in [2.75, 3.05) is 0 Å². The highest BCUT2D eigenvalue weighted by atomic mass is 35.5. The Bertz CT molecular complexity index is 1470. The number of pyridine rings is 1. The van der Waals surface area contributed by atoms with Gasteiger partial charge in [0.1, 0.15) is 6.61 Å². The minimum absolute atomic E-state index is 0.244. The van der Waals surface area contributed by atoms with E-state index in [1.807, 2.05) is 30.9 Å². The van der Waals surface area contributed by atoms with Gasteiger partial charge in [-0.3, -0.25) is 0 Å². The Hall–Kier alpha value is -3.28. The summed E-state index contributed by atoms with van der Waals surface area (Å²) in [5, 5.41) is 2.18. The van der Waals surface area contributed by atoms with Crippen LogP contribution in [-0.4, -0.2) is 19.5 Å². The smallest absolute Gasteiger partial charge is 0.214 e. The molecule has 0 radical (unpaired) electrons. The number of aromatic nitrogens is 4. The largest absolute Gasteiger partial charge is 0.473 e. The number of nitrogens with zero attached hydrogens (tertiary/aromatic N) is 3. The first-order valence-electron chi connectivity index (χ1n) is 11.3. The summed E-state index contributed by atoms with van der Waals surface area (Å²) in [5.41, 5.74) is 6.63. The van der Waals surface area contributed by atoms with E-state index in [1.54, 1.807) is 18.3 Å². The van der Waals surface area contributed by atoms with Crippen molar-refractivity contribution in [3.05, 3.63) is 100 Å². The first-order chi connectivity index (χ1) is 16.7. The monoisotopic (exact) mass is 488 g/mol. The molecule has 6 rings (SSSR count). The predicted molar refractivity (Wildman–Crippen MR) is 136 cm³/mol. The molecule has 5 aromatic rings. The fourth-order valence-corrected chi connectivity index (χ4v) is 5.39. The Labute approximate surface area is 207 Å². The molecule has 0 aliphatic heterocycles. The van der Waals surface area contributed by atoms with E-state index in [0.29, 0.717) is 15.9 Å². The van der Waals surface area contributed by atoms with Crippen molar-refractivity contribution < 1.29 is 4.74 Å². The number of ether oxygens (including phenoxy) is 1. The Morgan fingerprint density at radius 1 is 1.06 bits per heavy atom. The molecular formula is C27H22Cl2N4O. The molecule has 34 heavy (non-hydrogen) atoms. The summed E-state index contributed by atoms with van der Waals surface area (Å²) >= 11 is 12.6.